The molecule has 0 bridgehead atoms. The van der Waals surface area contributed by atoms with Crippen LogP contribution in [0.25, 0.3) is 0 Å². The number of carbonyl (C=O) groups is 3. The van der Waals surface area contributed by atoms with Crippen LogP contribution in [-0.4, -0.2) is 54.7 Å². The molecule has 0 aromatic heterocycles. The number of rotatable bonds is 5. The van der Waals surface area contributed by atoms with Crippen molar-refractivity contribution in [2.24, 2.45) is 0 Å². The molecule has 3 amide bonds. The fraction of sp³-hybridized carbons (Fsp3) is 0.438. The van der Waals surface area contributed by atoms with E-state index in [1.807, 2.05) is 17.0 Å². The highest BCUT2D eigenvalue weighted by atomic mass is 16.2. The molecule has 0 radical (unpaired) electrons. The summed E-state index contributed by atoms with van der Waals surface area (Å²) in [6, 6.07) is 7.11. The van der Waals surface area contributed by atoms with E-state index in [0.29, 0.717) is 18.5 Å². The minimum Gasteiger partial charge on any atom is -0.347 e. The Bertz CT molecular complexity index is 567. The van der Waals surface area contributed by atoms with Crippen LogP contribution in [-0.2, 0) is 16.1 Å². The van der Waals surface area contributed by atoms with Crippen LogP contribution < -0.4 is 5.32 Å². The summed E-state index contributed by atoms with van der Waals surface area (Å²) in [6.07, 6.45) is 1.54. The molecule has 2 rings (SSSR count). The smallest absolute Gasteiger partial charge is 0.251 e. The molecule has 0 unspecified atom stereocenters. The summed E-state index contributed by atoms with van der Waals surface area (Å²) < 4.78 is 0. The Hall–Kier alpha value is -2.37. The quantitative estimate of drug-likeness (QED) is 0.867. The van der Waals surface area contributed by atoms with Gasteiger partial charge in [-0.1, -0.05) is 12.1 Å². The van der Waals surface area contributed by atoms with Gasteiger partial charge in [-0.3, -0.25) is 14.4 Å². The van der Waals surface area contributed by atoms with Crippen LogP contribution in [0, 0.1) is 0 Å². The van der Waals surface area contributed by atoms with Crippen LogP contribution in [0.5, 0.6) is 0 Å². The van der Waals surface area contributed by atoms with Gasteiger partial charge in [-0.05, 0) is 24.1 Å². The monoisotopic (exact) mass is 303 g/mol. The highest BCUT2D eigenvalue weighted by molar-refractivity contribution is 5.96. The fourth-order valence-corrected chi connectivity index (χ4v) is 2.27. The lowest BCUT2D eigenvalue weighted by Gasteiger charge is -2.15. The number of likely N-dealkylation sites (N-methyl/N-ethyl adjacent to an activating group) is 1. The summed E-state index contributed by atoms with van der Waals surface area (Å²) in [5.74, 6) is -0.250. The molecule has 1 aliphatic heterocycles. The van der Waals surface area contributed by atoms with Crippen molar-refractivity contribution in [3.05, 3.63) is 35.4 Å². The van der Waals surface area contributed by atoms with Crippen LogP contribution >= 0.6 is 0 Å². The average molecular weight is 303 g/mol. The molecule has 1 heterocycles. The van der Waals surface area contributed by atoms with E-state index >= 15 is 0 Å². The molecule has 6 nitrogen and oxygen atoms in total. The van der Waals surface area contributed by atoms with E-state index in [1.165, 1.54) is 4.90 Å². The van der Waals surface area contributed by atoms with Crippen LogP contribution in [0.15, 0.2) is 24.3 Å². The first-order valence-electron chi connectivity index (χ1n) is 7.32. The van der Waals surface area contributed by atoms with Crippen molar-refractivity contribution in [2.45, 2.75) is 19.4 Å². The lowest BCUT2D eigenvalue weighted by Crippen LogP contribution is -2.36. The Morgan fingerprint density at radius 2 is 1.91 bits per heavy atom. The van der Waals surface area contributed by atoms with E-state index in [2.05, 4.69) is 5.32 Å². The third kappa shape index (κ3) is 4.07. The lowest BCUT2D eigenvalue weighted by molar-refractivity contribution is -0.128. The molecule has 118 valence electrons. The predicted octanol–water partition coefficient (Wildman–Crippen LogP) is 0.627. The van der Waals surface area contributed by atoms with Crippen LogP contribution in [0.1, 0.15) is 28.8 Å². The van der Waals surface area contributed by atoms with E-state index in [1.54, 1.807) is 26.2 Å². The topological polar surface area (TPSA) is 69.7 Å². The maximum absolute atomic E-state index is 11.9. The van der Waals surface area contributed by atoms with Gasteiger partial charge in [0.2, 0.25) is 11.8 Å². The SMILES string of the molecule is CN(C)C(=O)CNC(=O)c1ccc(CN2CCCC2=O)cc1. The Labute approximate surface area is 130 Å². The maximum atomic E-state index is 11.9. The van der Waals surface area contributed by atoms with Crippen molar-refractivity contribution in [1.82, 2.24) is 15.1 Å². The fourth-order valence-electron chi connectivity index (χ4n) is 2.27. The van der Waals surface area contributed by atoms with Crippen LogP contribution in [0.2, 0.25) is 0 Å². The van der Waals surface area contributed by atoms with Gasteiger partial charge in [0.05, 0.1) is 6.54 Å². The zero-order valence-corrected chi connectivity index (χ0v) is 13.0. The van der Waals surface area contributed by atoms with Crippen LogP contribution in [0.3, 0.4) is 0 Å². The third-order valence-electron chi connectivity index (χ3n) is 3.66. The summed E-state index contributed by atoms with van der Waals surface area (Å²) in [7, 11) is 3.28. The Balaban J connectivity index is 1.89. The number of likely N-dealkylation sites (tertiary alicyclic amines) is 1. The molecule has 0 atom stereocenters. The molecule has 1 aromatic carbocycles. The first kappa shape index (κ1) is 16.0. The number of nitrogens with zero attached hydrogens (tertiary/aromatic N) is 2. The second-order valence-electron chi connectivity index (χ2n) is 5.59. The predicted molar refractivity (Wildman–Crippen MR) is 82.1 cm³/mol. The van der Waals surface area contributed by atoms with Gasteiger partial charge >= 0.3 is 0 Å². The van der Waals surface area contributed by atoms with E-state index in [-0.39, 0.29) is 24.3 Å². The third-order valence-corrected chi connectivity index (χ3v) is 3.66. The second kappa shape index (κ2) is 7.06. The van der Waals surface area contributed by atoms with Crippen molar-refractivity contribution in [2.75, 3.05) is 27.2 Å². The number of hydrogen-bond donors (Lipinski definition) is 1. The van der Waals surface area contributed by atoms with Gasteiger partial charge in [0.15, 0.2) is 0 Å². The number of benzene rings is 1. The molecule has 0 spiro atoms. The van der Waals surface area contributed by atoms with E-state index in [0.717, 1.165) is 18.5 Å². The van der Waals surface area contributed by atoms with Gasteiger partial charge in [0, 0.05) is 39.2 Å². The number of nitrogens with one attached hydrogen (secondary N) is 1. The highest BCUT2D eigenvalue weighted by Crippen LogP contribution is 2.14. The van der Waals surface area contributed by atoms with Crippen molar-refractivity contribution < 1.29 is 14.4 Å². The van der Waals surface area contributed by atoms with Crippen molar-refractivity contribution in [3.63, 3.8) is 0 Å². The van der Waals surface area contributed by atoms with Gasteiger partial charge < -0.3 is 15.1 Å². The molecule has 0 saturated carbocycles. The molecule has 1 aliphatic rings. The standard InChI is InChI=1S/C16H21N3O3/c1-18(2)15(21)10-17-16(22)13-7-5-12(6-8-13)11-19-9-3-4-14(19)20/h5-8H,3-4,9-11H2,1-2H3,(H,17,22). The highest BCUT2D eigenvalue weighted by Gasteiger charge is 2.20. The van der Waals surface area contributed by atoms with E-state index in [9.17, 15) is 14.4 Å². The van der Waals surface area contributed by atoms with E-state index in [4.69, 9.17) is 0 Å². The largest absolute Gasteiger partial charge is 0.347 e. The normalized spacial score (nSPS) is 14.1. The first-order valence-corrected chi connectivity index (χ1v) is 7.32. The zero-order chi connectivity index (χ0) is 16.1. The van der Waals surface area contributed by atoms with Gasteiger partial charge in [0.25, 0.3) is 5.91 Å². The first-order chi connectivity index (χ1) is 10.5. The number of carbonyl (C=O) groups excluding carboxylic acids is 3. The van der Waals surface area contributed by atoms with E-state index < -0.39 is 0 Å². The number of amides is 3. The molecule has 1 saturated heterocycles. The second-order valence-corrected chi connectivity index (χ2v) is 5.59. The molecule has 0 aliphatic carbocycles. The molecule has 1 fully saturated rings. The van der Waals surface area contributed by atoms with Gasteiger partial charge in [-0.2, -0.15) is 0 Å². The summed E-state index contributed by atoms with van der Waals surface area (Å²) in [4.78, 5) is 38.2. The molecule has 1 N–H and O–H groups in total. The van der Waals surface area contributed by atoms with Crippen LogP contribution in [0.4, 0.5) is 0 Å². The maximum Gasteiger partial charge on any atom is 0.251 e. The molecule has 22 heavy (non-hydrogen) atoms. The minimum absolute atomic E-state index is 0.0180. The van der Waals surface area contributed by atoms with Gasteiger partial charge in [0.1, 0.15) is 0 Å². The summed E-state index contributed by atoms with van der Waals surface area (Å²) in [5.41, 5.74) is 1.50. The Morgan fingerprint density at radius 3 is 2.45 bits per heavy atom. The average Bonchev–Trinajstić information content (AvgIpc) is 2.90. The molecule has 1 aromatic rings. The van der Waals surface area contributed by atoms with Gasteiger partial charge in [-0.25, -0.2) is 0 Å². The Morgan fingerprint density at radius 1 is 1.23 bits per heavy atom. The van der Waals surface area contributed by atoms with Gasteiger partial charge in [-0.15, -0.1) is 0 Å². The van der Waals surface area contributed by atoms with Crippen molar-refractivity contribution in [3.8, 4) is 0 Å². The minimum atomic E-state index is -0.279. The lowest BCUT2D eigenvalue weighted by atomic mass is 10.1. The summed E-state index contributed by atoms with van der Waals surface area (Å²) in [6.45, 7) is 1.36. The Kier molecular flexibility index (Phi) is 5.14. The zero-order valence-electron chi connectivity index (χ0n) is 13.0. The van der Waals surface area contributed by atoms with Crippen molar-refractivity contribution >= 4 is 17.7 Å². The summed E-state index contributed by atoms with van der Waals surface area (Å²) in [5, 5.41) is 2.59. The summed E-state index contributed by atoms with van der Waals surface area (Å²) >= 11 is 0. The number of hydrogen-bond acceptors (Lipinski definition) is 3. The van der Waals surface area contributed by atoms with Crippen molar-refractivity contribution in [1.29, 1.82) is 0 Å². The molecular formula is C16H21N3O3. The molecule has 6 heteroatoms. The molecular weight excluding hydrogens is 282 g/mol.